The van der Waals surface area contributed by atoms with E-state index in [1.165, 1.54) is 4.68 Å². The molecule has 0 bridgehead atoms. The van der Waals surface area contributed by atoms with Crippen molar-refractivity contribution in [2.24, 2.45) is 12.9 Å². The molecule has 6 heteroatoms. The fourth-order valence-electron chi connectivity index (χ4n) is 0.321. The van der Waals surface area contributed by atoms with Crippen molar-refractivity contribution in [2.45, 2.75) is 0 Å². The molecule has 1 rings (SSSR count). The first kappa shape index (κ1) is 4.98. The molecule has 8 heavy (non-hydrogen) atoms. The predicted molar refractivity (Wildman–Crippen MR) is 23.6 cm³/mol. The Morgan fingerprint density at radius 3 is 2.75 bits per heavy atom. The van der Waals surface area contributed by atoms with E-state index < -0.39 is 0 Å². The Morgan fingerprint density at radius 2 is 2.50 bits per heavy atom. The van der Waals surface area contributed by atoms with Crippen molar-refractivity contribution in [3.63, 3.8) is 0 Å². The molecular formula is C2H5N5O. The van der Waals surface area contributed by atoms with E-state index in [2.05, 4.69) is 20.4 Å². The van der Waals surface area contributed by atoms with Crippen LogP contribution in [-0.4, -0.2) is 20.2 Å². The van der Waals surface area contributed by atoms with Crippen molar-refractivity contribution in [3.8, 4) is 6.01 Å². The summed E-state index contributed by atoms with van der Waals surface area (Å²) in [5, 5.41) is 10.1. The van der Waals surface area contributed by atoms with Crippen molar-refractivity contribution < 1.29 is 4.84 Å². The molecule has 0 fully saturated rings. The van der Waals surface area contributed by atoms with E-state index in [1.807, 2.05) is 0 Å². The second-order valence-corrected chi connectivity index (χ2v) is 1.20. The smallest absolute Gasteiger partial charge is 0.354 e. The van der Waals surface area contributed by atoms with E-state index in [0.29, 0.717) is 0 Å². The Kier molecular flexibility index (Phi) is 1.09. The summed E-state index contributed by atoms with van der Waals surface area (Å²) in [4.78, 5) is 4.21. The van der Waals surface area contributed by atoms with Gasteiger partial charge in [-0.1, -0.05) is 5.10 Å². The van der Waals surface area contributed by atoms with Crippen LogP contribution in [0.1, 0.15) is 0 Å². The summed E-state index contributed by atoms with van der Waals surface area (Å²) < 4.78 is 1.32. The molecule has 0 atom stereocenters. The topological polar surface area (TPSA) is 78.8 Å². The van der Waals surface area contributed by atoms with Crippen molar-refractivity contribution in [1.29, 1.82) is 0 Å². The summed E-state index contributed by atoms with van der Waals surface area (Å²) in [5.74, 6) is 4.73. The summed E-state index contributed by atoms with van der Waals surface area (Å²) >= 11 is 0. The summed E-state index contributed by atoms with van der Waals surface area (Å²) in [6.07, 6.45) is 0. The number of tetrazole rings is 1. The van der Waals surface area contributed by atoms with Gasteiger partial charge in [0.15, 0.2) is 0 Å². The van der Waals surface area contributed by atoms with Crippen LogP contribution in [0.2, 0.25) is 0 Å². The third kappa shape index (κ3) is 0.604. The number of nitrogens with two attached hydrogens (primary N) is 1. The highest BCUT2D eigenvalue weighted by Crippen LogP contribution is 1.93. The van der Waals surface area contributed by atoms with Gasteiger partial charge in [0.1, 0.15) is 0 Å². The van der Waals surface area contributed by atoms with Crippen LogP contribution in [-0.2, 0) is 7.05 Å². The fraction of sp³-hybridized carbons (Fsp3) is 0.500. The van der Waals surface area contributed by atoms with Gasteiger partial charge in [0.05, 0.1) is 0 Å². The van der Waals surface area contributed by atoms with Crippen LogP contribution in [0.4, 0.5) is 0 Å². The predicted octanol–water partition coefficient (Wildman–Crippen LogP) is -1.54. The lowest BCUT2D eigenvalue weighted by molar-refractivity contribution is 0.290. The number of hydrogen-bond acceptors (Lipinski definition) is 5. The number of aryl methyl sites for hydroxylation is 1. The van der Waals surface area contributed by atoms with Gasteiger partial charge >= 0.3 is 6.01 Å². The molecule has 6 nitrogen and oxygen atoms in total. The van der Waals surface area contributed by atoms with Crippen LogP contribution in [0.5, 0.6) is 6.01 Å². The summed E-state index contributed by atoms with van der Waals surface area (Å²) in [7, 11) is 1.63. The molecule has 0 radical (unpaired) electrons. The lowest BCUT2D eigenvalue weighted by Gasteiger charge is -1.89. The third-order valence-electron chi connectivity index (χ3n) is 0.687. The van der Waals surface area contributed by atoms with Crippen LogP contribution >= 0.6 is 0 Å². The van der Waals surface area contributed by atoms with E-state index in [4.69, 9.17) is 5.90 Å². The molecule has 44 valence electrons. The van der Waals surface area contributed by atoms with Gasteiger partial charge < -0.3 is 4.84 Å². The van der Waals surface area contributed by atoms with Crippen LogP contribution in [0.15, 0.2) is 0 Å². The van der Waals surface area contributed by atoms with Crippen molar-refractivity contribution >= 4 is 0 Å². The summed E-state index contributed by atoms with van der Waals surface area (Å²) in [6, 6.07) is 0.199. The minimum atomic E-state index is 0.199. The van der Waals surface area contributed by atoms with Gasteiger partial charge in [-0.15, -0.1) is 0 Å². The van der Waals surface area contributed by atoms with Gasteiger partial charge in [-0.3, -0.25) is 0 Å². The first-order chi connectivity index (χ1) is 3.84. The molecule has 0 saturated heterocycles. The molecule has 0 unspecified atom stereocenters. The highest BCUT2D eigenvalue weighted by molar-refractivity contribution is 4.82. The molecule has 0 spiro atoms. The second-order valence-electron chi connectivity index (χ2n) is 1.20. The van der Waals surface area contributed by atoms with Crippen molar-refractivity contribution in [2.75, 3.05) is 0 Å². The molecule has 0 aliphatic carbocycles. The molecule has 0 saturated carbocycles. The van der Waals surface area contributed by atoms with Gasteiger partial charge in [-0.2, -0.15) is 10.6 Å². The monoisotopic (exact) mass is 115 g/mol. The van der Waals surface area contributed by atoms with E-state index in [0.717, 1.165) is 0 Å². The fourth-order valence-corrected chi connectivity index (χ4v) is 0.321. The van der Waals surface area contributed by atoms with E-state index in [9.17, 15) is 0 Å². The Morgan fingerprint density at radius 1 is 1.75 bits per heavy atom. The molecule has 2 N–H and O–H groups in total. The maximum absolute atomic E-state index is 4.73. The lowest BCUT2D eigenvalue weighted by Crippen LogP contribution is -2.07. The highest BCUT2D eigenvalue weighted by Gasteiger charge is 1.97. The van der Waals surface area contributed by atoms with Gasteiger partial charge in [0.2, 0.25) is 0 Å². The molecule has 0 aliphatic heterocycles. The normalized spacial score (nSPS) is 9.25. The summed E-state index contributed by atoms with van der Waals surface area (Å²) in [6.45, 7) is 0. The Hall–Kier alpha value is -1.17. The van der Waals surface area contributed by atoms with Crippen LogP contribution in [0.25, 0.3) is 0 Å². The maximum Gasteiger partial charge on any atom is 0.354 e. The molecular weight excluding hydrogens is 110 g/mol. The maximum atomic E-state index is 4.73. The minimum Gasteiger partial charge on any atom is -0.370 e. The highest BCUT2D eigenvalue weighted by atomic mass is 16.6. The number of rotatable bonds is 1. The Balaban J connectivity index is 2.92. The van der Waals surface area contributed by atoms with Crippen LogP contribution < -0.4 is 10.7 Å². The van der Waals surface area contributed by atoms with E-state index in [-0.39, 0.29) is 6.01 Å². The average molecular weight is 115 g/mol. The zero-order valence-electron chi connectivity index (χ0n) is 4.27. The number of aromatic nitrogens is 4. The largest absolute Gasteiger partial charge is 0.370 e. The van der Waals surface area contributed by atoms with E-state index >= 15 is 0 Å². The molecule has 0 amide bonds. The molecule has 0 aliphatic rings. The van der Waals surface area contributed by atoms with Crippen LogP contribution in [0, 0.1) is 0 Å². The van der Waals surface area contributed by atoms with Gasteiger partial charge in [0.25, 0.3) is 0 Å². The quantitative estimate of drug-likeness (QED) is 0.449. The van der Waals surface area contributed by atoms with Crippen molar-refractivity contribution in [1.82, 2.24) is 20.2 Å². The third-order valence-corrected chi connectivity index (χ3v) is 0.687. The molecule has 1 heterocycles. The zero-order chi connectivity index (χ0) is 5.98. The first-order valence-electron chi connectivity index (χ1n) is 1.93. The van der Waals surface area contributed by atoms with Crippen LogP contribution in [0.3, 0.4) is 0 Å². The van der Waals surface area contributed by atoms with Gasteiger partial charge in [-0.05, 0) is 10.4 Å². The van der Waals surface area contributed by atoms with Gasteiger partial charge in [-0.25, -0.2) is 0 Å². The lowest BCUT2D eigenvalue weighted by atomic mass is 11.1. The Bertz CT molecular complexity index is 171. The van der Waals surface area contributed by atoms with Crippen molar-refractivity contribution in [3.05, 3.63) is 0 Å². The number of hydrogen-bond donors (Lipinski definition) is 1. The molecule has 0 aromatic carbocycles. The first-order valence-corrected chi connectivity index (χ1v) is 1.93. The second kappa shape index (κ2) is 1.74. The Labute approximate surface area is 45.2 Å². The standard InChI is InChI=1S/C2H5N5O/c1-7-2(8-3)4-5-6-7/h3H2,1H3. The average Bonchev–Trinajstić information content (AvgIpc) is 2.14. The number of nitrogens with zero attached hydrogens (tertiary/aromatic N) is 4. The zero-order valence-corrected chi connectivity index (χ0v) is 4.27. The molecule has 1 aromatic rings. The summed E-state index contributed by atoms with van der Waals surface area (Å²) in [5.41, 5.74) is 0. The van der Waals surface area contributed by atoms with Gasteiger partial charge in [0, 0.05) is 7.05 Å². The van der Waals surface area contributed by atoms with E-state index in [1.54, 1.807) is 7.05 Å². The molecule has 1 aromatic heterocycles. The SMILES string of the molecule is Cn1nnnc1ON. The minimum absolute atomic E-state index is 0.199.